The highest BCUT2D eigenvalue weighted by Gasteiger charge is 2.30. The lowest BCUT2D eigenvalue weighted by Crippen LogP contribution is -2.32. The van der Waals surface area contributed by atoms with Crippen LogP contribution in [0.5, 0.6) is 0 Å². The van der Waals surface area contributed by atoms with Crippen LogP contribution in [-0.2, 0) is 0 Å². The van der Waals surface area contributed by atoms with Crippen LogP contribution >= 0.6 is 23.1 Å². The highest BCUT2D eigenvalue weighted by atomic mass is 35.5. The summed E-state index contributed by atoms with van der Waals surface area (Å²) in [6.45, 7) is 6.54. The van der Waals surface area contributed by atoms with Crippen LogP contribution in [-0.4, -0.2) is 27.8 Å². The smallest absolute Gasteiger partial charge is 0.204 e. The first-order valence-electron chi connectivity index (χ1n) is 5.22. The molecule has 1 saturated heterocycles. The summed E-state index contributed by atoms with van der Waals surface area (Å²) in [5.41, 5.74) is 0.259. The molecule has 1 fully saturated rings. The first kappa shape index (κ1) is 11.1. The molecule has 0 radical (unpaired) electrons. The standard InChI is InChI=1S/C10H16ClN3S/c1-10(2)5-8(11)3-4-14(6-10)9-12-7-13-15-9/h7-8H,3-6H2,1-2H3. The van der Waals surface area contributed by atoms with Crippen LogP contribution in [0.25, 0.3) is 0 Å². The van der Waals surface area contributed by atoms with Gasteiger partial charge in [0.2, 0.25) is 5.13 Å². The summed E-state index contributed by atoms with van der Waals surface area (Å²) in [6, 6.07) is 0. The fourth-order valence-corrected chi connectivity index (χ4v) is 3.20. The number of hydrogen-bond acceptors (Lipinski definition) is 4. The Bertz CT molecular complexity index is 312. The SMILES string of the molecule is CC1(C)CC(Cl)CCN(c2ncns2)C1. The molecule has 1 atom stereocenters. The van der Waals surface area contributed by atoms with Gasteiger partial charge in [-0.25, -0.2) is 4.98 Å². The summed E-state index contributed by atoms with van der Waals surface area (Å²) < 4.78 is 4.05. The number of alkyl halides is 1. The molecule has 15 heavy (non-hydrogen) atoms. The second-order valence-corrected chi connectivity index (χ2v) is 6.28. The largest absolute Gasteiger partial charge is 0.346 e. The average Bonchev–Trinajstić information content (AvgIpc) is 2.59. The van der Waals surface area contributed by atoms with Crippen molar-refractivity contribution in [2.24, 2.45) is 5.41 Å². The highest BCUT2D eigenvalue weighted by molar-refractivity contribution is 7.09. The Hall–Kier alpha value is -0.350. The molecule has 84 valence electrons. The predicted molar refractivity (Wildman–Crippen MR) is 64.8 cm³/mol. The van der Waals surface area contributed by atoms with Gasteiger partial charge in [0.25, 0.3) is 0 Å². The molecule has 0 aliphatic carbocycles. The first-order chi connectivity index (χ1) is 7.07. The van der Waals surface area contributed by atoms with Gasteiger partial charge in [-0.2, -0.15) is 4.37 Å². The van der Waals surface area contributed by atoms with Crippen molar-refractivity contribution in [2.45, 2.75) is 32.1 Å². The van der Waals surface area contributed by atoms with Crippen molar-refractivity contribution < 1.29 is 0 Å². The van der Waals surface area contributed by atoms with Crippen molar-refractivity contribution in [3.05, 3.63) is 6.33 Å². The second-order valence-electron chi connectivity index (χ2n) is 4.90. The van der Waals surface area contributed by atoms with Crippen LogP contribution in [0.15, 0.2) is 6.33 Å². The average molecular weight is 246 g/mol. The predicted octanol–water partition coefficient (Wildman–Crippen LogP) is 2.77. The van der Waals surface area contributed by atoms with Gasteiger partial charge in [0.15, 0.2) is 0 Å². The Morgan fingerprint density at radius 1 is 1.60 bits per heavy atom. The summed E-state index contributed by atoms with van der Waals surface area (Å²) in [5, 5.41) is 1.31. The molecule has 0 amide bonds. The lowest BCUT2D eigenvalue weighted by Gasteiger charge is -2.29. The van der Waals surface area contributed by atoms with Crippen molar-refractivity contribution >= 4 is 28.3 Å². The van der Waals surface area contributed by atoms with Crippen LogP contribution in [0, 0.1) is 5.41 Å². The van der Waals surface area contributed by atoms with Crippen LogP contribution in [0.2, 0.25) is 0 Å². The summed E-state index contributed by atoms with van der Waals surface area (Å²) >= 11 is 7.74. The van der Waals surface area contributed by atoms with Gasteiger partial charge in [-0.3, -0.25) is 0 Å². The molecule has 1 aromatic rings. The van der Waals surface area contributed by atoms with E-state index in [1.54, 1.807) is 6.33 Å². The summed E-state index contributed by atoms with van der Waals surface area (Å²) in [6.07, 6.45) is 3.73. The molecular weight excluding hydrogens is 230 g/mol. The Morgan fingerprint density at radius 2 is 2.40 bits per heavy atom. The van der Waals surface area contributed by atoms with Crippen molar-refractivity contribution in [1.29, 1.82) is 0 Å². The van der Waals surface area contributed by atoms with E-state index in [2.05, 4.69) is 28.1 Å². The van der Waals surface area contributed by atoms with Gasteiger partial charge in [0.05, 0.1) is 0 Å². The van der Waals surface area contributed by atoms with E-state index in [1.807, 2.05) is 0 Å². The highest BCUT2D eigenvalue weighted by Crippen LogP contribution is 2.33. The van der Waals surface area contributed by atoms with Crippen molar-refractivity contribution in [1.82, 2.24) is 9.36 Å². The number of halogens is 1. The quantitative estimate of drug-likeness (QED) is 0.713. The van der Waals surface area contributed by atoms with Crippen molar-refractivity contribution in [2.75, 3.05) is 18.0 Å². The molecule has 0 saturated carbocycles. The normalized spacial score (nSPS) is 26.3. The first-order valence-corrected chi connectivity index (χ1v) is 6.43. The van der Waals surface area contributed by atoms with Crippen LogP contribution in [0.4, 0.5) is 5.13 Å². The molecule has 1 aliphatic rings. The van der Waals surface area contributed by atoms with E-state index >= 15 is 0 Å². The lowest BCUT2D eigenvalue weighted by atomic mass is 9.88. The van der Waals surface area contributed by atoms with Crippen LogP contribution < -0.4 is 4.90 Å². The molecule has 1 aromatic heterocycles. The molecule has 0 aromatic carbocycles. The fraction of sp³-hybridized carbons (Fsp3) is 0.800. The third-order valence-electron chi connectivity index (χ3n) is 2.73. The topological polar surface area (TPSA) is 29.0 Å². The maximum Gasteiger partial charge on any atom is 0.204 e. The summed E-state index contributed by atoms with van der Waals surface area (Å²) in [7, 11) is 0. The lowest BCUT2D eigenvalue weighted by molar-refractivity contribution is 0.351. The van der Waals surface area contributed by atoms with Gasteiger partial charge >= 0.3 is 0 Å². The molecule has 5 heteroatoms. The zero-order valence-corrected chi connectivity index (χ0v) is 10.7. The zero-order chi connectivity index (χ0) is 10.9. The van der Waals surface area contributed by atoms with E-state index < -0.39 is 0 Å². The molecule has 1 aliphatic heterocycles. The molecule has 1 unspecified atom stereocenters. The third kappa shape index (κ3) is 2.82. The van der Waals surface area contributed by atoms with Crippen molar-refractivity contribution in [3.8, 4) is 0 Å². The number of aromatic nitrogens is 2. The monoisotopic (exact) mass is 245 g/mol. The van der Waals surface area contributed by atoms with E-state index in [-0.39, 0.29) is 10.8 Å². The minimum Gasteiger partial charge on any atom is -0.346 e. The van der Waals surface area contributed by atoms with Crippen LogP contribution in [0.3, 0.4) is 0 Å². The van der Waals surface area contributed by atoms with Gasteiger partial charge < -0.3 is 4.90 Å². The molecular formula is C10H16ClN3S. The number of nitrogens with zero attached hydrogens (tertiary/aromatic N) is 3. The third-order valence-corrected chi connectivity index (χ3v) is 3.82. The van der Waals surface area contributed by atoms with E-state index in [9.17, 15) is 0 Å². The van der Waals surface area contributed by atoms with E-state index in [0.29, 0.717) is 0 Å². The number of hydrogen-bond donors (Lipinski definition) is 0. The van der Waals surface area contributed by atoms with Gasteiger partial charge in [-0.05, 0) is 18.3 Å². The van der Waals surface area contributed by atoms with E-state index in [1.165, 1.54) is 11.5 Å². The fourth-order valence-electron chi connectivity index (χ4n) is 2.13. The molecule has 2 rings (SSSR count). The van der Waals surface area contributed by atoms with Gasteiger partial charge in [-0.15, -0.1) is 11.6 Å². The Balaban J connectivity index is 2.14. The Labute approximate surface area is 99.6 Å². The number of rotatable bonds is 1. The molecule has 0 bridgehead atoms. The minimum atomic E-state index is 0.259. The Morgan fingerprint density at radius 3 is 3.07 bits per heavy atom. The van der Waals surface area contributed by atoms with Gasteiger partial charge in [0, 0.05) is 30.0 Å². The van der Waals surface area contributed by atoms with Gasteiger partial charge in [0.1, 0.15) is 6.33 Å². The molecule has 0 spiro atoms. The molecule has 2 heterocycles. The minimum absolute atomic E-state index is 0.259. The zero-order valence-electron chi connectivity index (χ0n) is 9.11. The van der Waals surface area contributed by atoms with E-state index in [4.69, 9.17) is 11.6 Å². The molecule has 3 nitrogen and oxygen atoms in total. The van der Waals surface area contributed by atoms with E-state index in [0.717, 1.165) is 31.1 Å². The second kappa shape index (κ2) is 4.26. The van der Waals surface area contributed by atoms with Crippen LogP contribution in [0.1, 0.15) is 26.7 Å². The van der Waals surface area contributed by atoms with Gasteiger partial charge in [-0.1, -0.05) is 13.8 Å². The Kier molecular flexibility index (Phi) is 3.16. The summed E-state index contributed by atoms with van der Waals surface area (Å²) in [5.74, 6) is 0. The van der Waals surface area contributed by atoms with Crippen molar-refractivity contribution in [3.63, 3.8) is 0 Å². The molecule has 0 N–H and O–H groups in total. The summed E-state index contributed by atoms with van der Waals surface area (Å²) in [4.78, 5) is 6.57. The maximum absolute atomic E-state index is 6.27. The maximum atomic E-state index is 6.27. The number of anilines is 1.